The number of hydrogen-bond acceptors (Lipinski definition) is 2. The zero-order valence-corrected chi connectivity index (χ0v) is 15.4. The second kappa shape index (κ2) is 7.25. The molecule has 0 bridgehead atoms. The van der Waals surface area contributed by atoms with Gasteiger partial charge in [-0.2, -0.15) is 5.26 Å². The average molecular weight is 356 g/mol. The van der Waals surface area contributed by atoms with Crippen LogP contribution in [0.5, 0.6) is 0 Å². The molecule has 3 aromatic carbocycles. The monoisotopic (exact) mass is 356 g/mol. The van der Waals surface area contributed by atoms with Crippen LogP contribution in [0.25, 0.3) is 22.3 Å². The third-order valence-corrected chi connectivity index (χ3v) is 5.33. The molecular formula is C24H21FN2. The number of rotatable bonds is 3. The van der Waals surface area contributed by atoms with Gasteiger partial charge in [-0.25, -0.2) is 4.39 Å². The highest BCUT2D eigenvalue weighted by Gasteiger charge is 2.22. The zero-order valence-electron chi connectivity index (χ0n) is 15.4. The fourth-order valence-corrected chi connectivity index (χ4v) is 3.98. The Hall–Kier alpha value is -3.12. The summed E-state index contributed by atoms with van der Waals surface area (Å²) in [6.45, 7) is 3.97. The third kappa shape index (κ3) is 3.19. The molecule has 0 aromatic heterocycles. The van der Waals surface area contributed by atoms with E-state index in [1.54, 1.807) is 12.1 Å². The van der Waals surface area contributed by atoms with Gasteiger partial charge in [0.2, 0.25) is 0 Å². The van der Waals surface area contributed by atoms with E-state index in [0.29, 0.717) is 0 Å². The lowest BCUT2D eigenvalue weighted by Gasteiger charge is -2.24. The van der Waals surface area contributed by atoms with Crippen LogP contribution < -0.4 is 4.90 Å². The van der Waals surface area contributed by atoms with E-state index in [2.05, 4.69) is 29.2 Å². The molecule has 1 fully saturated rings. The molecule has 0 unspecified atom stereocenters. The van der Waals surface area contributed by atoms with E-state index in [-0.39, 0.29) is 5.82 Å². The smallest absolute Gasteiger partial charge is 0.123 e. The minimum Gasteiger partial charge on any atom is -0.370 e. The molecule has 1 aliphatic heterocycles. The van der Waals surface area contributed by atoms with Crippen molar-refractivity contribution in [1.29, 1.82) is 5.26 Å². The van der Waals surface area contributed by atoms with Crippen LogP contribution >= 0.6 is 0 Å². The standard InChI is InChI=1S/C24H21FN2/c1-17-22(16-26)23(27-13-5-6-14-27)15-21(18-7-3-2-4-8-18)24(17)19-9-11-20(25)12-10-19/h2-4,7-12,15H,5-6,13-14H2,1H3. The summed E-state index contributed by atoms with van der Waals surface area (Å²) < 4.78 is 13.5. The second-order valence-electron chi connectivity index (χ2n) is 7.00. The molecule has 0 saturated carbocycles. The SMILES string of the molecule is Cc1c(C#N)c(N2CCCC2)cc(-c2ccccc2)c1-c1ccc(F)cc1. The first-order valence-electron chi connectivity index (χ1n) is 9.33. The summed E-state index contributed by atoms with van der Waals surface area (Å²) in [5.74, 6) is -0.258. The average Bonchev–Trinajstić information content (AvgIpc) is 3.23. The molecule has 4 rings (SSSR count). The molecule has 0 radical (unpaired) electrons. The predicted octanol–water partition coefficient (Wildman–Crippen LogP) is 5.94. The normalized spacial score (nSPS) is 13.6. The van der Waals surface area contributed by atoms with Crippen molar-refractivity contribution < 1.29 is 4.39 Å². The largest absolute Gasteiger partial charge is 0.370 e. The van der Waals surface area contributed by atoms with E-state index < -0.39 is 0 Å². The number of hydrogen-bond donors (Lipinski definition) is 0. The van der Waals surface area contributed by atoms with Crippen LogP contribution in [-0.4, -0.2) is 13.1 Å². The lowest BCUT2D eigenvalue weighted by atomic mass is 9.87. The van der Waals surface area contributed by atoms with Gasteiger partial charge >= 0.3 is 0 Å². The maximum atomic E-state index is 13.5. The molecule has 1 aliphatic rings. The Morgan fingerprint density at radius 2 is 1.59 bits per heavy atom. The van der Waals surface area contributed by atoms with Crippen molar-refractivity contribution in [1.82, 2.24) is 0 Å². The zero-order chi connectivity index (χ0) is 18.8. The summed E-state index contributed by atoms with van der Waals surface area (Å²) in [4.78, 5) is 2.31. The van der Waals surface area contributed by atoms with E-state index >= 15 is 0 Å². The Morgan fingerprint density at radius 3 is 2.22 bits per heavy atom. The number of nitrogens with zero attached hydrogens (tertiary/aromatic N) is 2. The lowest BCUT2D eigenvalue weighted by molar-refractivity contribution is 0.628. The molecule has 3 aromatic rings. The van der Waals surface area contributed by atoms with Gasteiger partial charge in [-0.15, -0.1) is 0 Å². The first-order chi connectivity index (χ1) is 13.2. The van der Waals surface area contributed by atoms with Crippen molar-refractivity contribution in [3.8, 4) is 28.3 Å². The fourth-order valence-electron chi connectivity index (χ4n) is 3.98. The highest BCUT2D eigenvalue weighted by molar-refractivity contribution is 5.91. The Balaban J connectivity index is 2.01. The minimum atomic E-state index is -0.258. The van der Waals surface area contributed by atoms with Gasteiger partial charge in [0.15, 0.2) is 0 Å². The summed E-state index contributed by atoms with van der Waals surface area (Å²) in [5.41, 5.74) is 6.80. The molecule has 0 aliphatic carbocycles. The highest BCUT2D eigenvalue weighted by Crippen LogP contribution is 2.41. The number of nitriles is 1. The van der Waals surface area contributed by atoms with Crippen molar-refractivity contribution in [2.75, 3.05) is 18.0 Å². The summed E-state index contributed by atoms with van der Waals surface area (Å²) in [6, 6.07) is 21.3. The van der Waals surface area contributed by atoms with Crippen molar-refractivity contribution in [2.45, 2.75) is 19.8 Å². The van der Waals surface area contributed by atoms with Crippen LogP contribution in [0.2, 0.25) is 0 Å². The molecule has 0 amide bonds. The van der Waals surface area contributed by atoms with E-state index in [0.717, 1.165) is 65.0 Å². The van der Waals surface area contributed by atoms with Gasteiger partial charge in [-0.05, 0) is 65.8 Å². The lowest BCUT2D eigenvalue weighted by Crippen LogP contribution is -2.19. The molecule has 0 atom stereocenters. The molecule has 1 saturated heterocycles. The summed E-state index contributed by atoms with van der Waals surface area (Å²) in [5, 5.41) is 9.90. The van der Waals surface area contributed by atoms with Crippen LogP contribution in [0.4, 0.5) is 10.1 Å². The minimum absolute atomic E-state index is 0.258. The first-order valence-corrected chi connectivity index (χ1v) is 9.33. The van der Waals surface area contributed by atoms with Crippen molar-refractivity contribution in [3.05, 3.63) is 77.6 Å². The van der Waals surface area contributed by atoms with Crippen LogP contribution in [0.1, 0.15) is 24.0 Å². The Bertz CT molecular complexity index is 995. The maximum absolute atomic E-state index is 13.5. The third-order valence-electron chi connectivity index (χ3n) is 5.33. The molecule has 3 heteroatoms. The van der Waals surface area contributed by atoms with E-state index in [1.165, 1.54) is 12.1 Å². The van der Waals surface area contributed by atoms with E-state index in [1.807, 2.05) is 25.1 Å². The van der Waals surface area contributed by atoms with Crippen molar-refractivity contribution in [2.24, 2.45) is 0 Å². The molecule has 134 valence electrons. The Labute approximate surface area is 159 Å². The van der Waals surface area contributed by atoms with E-state index in [9.17, 15) is 9.65 Å². The van der Waals surface area contributed by atoms with Crippen LogP contribution in [0.3, 0.4) is 0 Å². The van der Waals surface area contributed by atoms with E-state index in [4.69, 9.17) is 0 Å². The molecular weight excluding hydrogens is 335 g/mol. The van der Waals surface area contributed by atoms with Crippen LogP contribution in [0.15, 0.2) is 60.7 Å². The molecule has 0 N–H and O–H groups in total. The number of anilines is 1. The first kappa shape index (κ1) is 17.3. The topological polar surface area (TPSA) is 27.0 Å². The van der Waals surface area contributed by atoms with Gasteiger partial charge in [0.1, 0.15) is 11.9 Å². The number of benzene rings is 3. The Morgan fingerprint density at radius 1 is 0.926 bits per heavy atom. The molecule has 1 heterocycles. The number of halogens is 1. The van der Waals surface area contributed by atoms with Crippen LogP contribution in [-0.2, 0) is 0 Å². The van der Waals surface area contributed by atoms with Gasteiger partial charge in [0.05, 0.1) is 11.3 Å². The summed E-state index contributed by atoms with van der Waals surface area (Å²) in [6.07, 6.45) is 2.31. The van der Waals surface area contributed by atoms with Crippen LogP contribution in [0, 0.1) is 24.1 Å². The highest BCUT2D eigenvalue weighted by atomic mass is 19.1. The van der Waals surface area contributed by atoms with Gasteiger partial charge < -0.3 is 4.90 Å². The molecule has 0 spiro atoms. The fraction of sp³-hybridized carbons (Fsp3) is 0.208. The summed E-state index contributed by atoms with van der Waals surface area (Å²) in [7, 11) is 0. The van der Waals surface area contributed by atoms with Gasteiger partial charge in [0.25, 0.3) is 0 Å². The van der Waals surface area contributed by atoms with Crippen molar-refractivity contribution >= 4 is 5.69 Å². The van der Waals surface area contributed by atoms with Gasteiger partial charge in [0, 0.05) is 13.1 Å². The predicted molar refractivity (Wildman–Crippen MR) is 108 cm³/mol. The Kier molecular flexibility index (Phi) is 4.64. The summed E-state index contributed by atoms with van der Waals surface area (Å²) >= 11 is 0. The molecule has 2 nitrogen and oxygen atoms in total. The van der Waals surface area contributed by atoms with Gasteiger partial charge in [-0.3, -0.25) is 0 Å². The molecule has 27 heavy (non-hydrogen) atoms. The second-order valence-corrected chi connectivity index (χ2v) is 7.00. The van der Waals surface area contributed by atoms with Gasteiger partial charge in [-0.1, -0.05) is 42.5 Å². The quantitative estimate of drug-likeness (QED) is 0.581. The van der Waals surface area contributed by atoms with Crippen molar-refractivity contribution in [3.63, 3.8) is 0 Å². The maximum Gasteiger partial charge on any atom is 0.123 e.